The standard InChI is InChI=1S/C15H23N5O/c1-12-8-14(18-17-12)9-13-10-19(11-15(13)21)5-3-7-20-6-2-4-16-20/h2,4,6,8,13,15,21H,3,5,7,9-11H2,1H3,(H,17,18)/t13-,15-/m1/s1. The molecular formula is C15H23N5O. The Morgan fingerprint density at radius 2 is 2.29 bits per heavy atom. The minimum Gasteiger partial charge on any atom is -0.391 e. The number of aliphatic hydroxyl groups excluding tert-OH is 1. The lowest BCUT2D eigenvalue weighted by Crippen LogP contribution is -2.24. The second kappa shape index (κ2) is 6.41. The SMILES string of the molecule is Cc1cc(C[C@@H]2CN(CCCn3cccn3)C[C@H]2O)n[nH]1. The lowest BCUT2D eigenvalue weighted by molar-refractivity contribution is 0.141. The zero-order chi connectivity index (χ0) is 14.7. The maximum absolute atomic E-state index is 10.2. The van der Waals surface area contributed by atoms with Gasteiger partial charge >= 0.3 is 0 Å². The van der Waals surface area contributed by atoms with Crippen LogP contribution in [-0.2, 0) is 13.0 Å². The summed E-state index contributed by atoms with van der Waals surface area (Å²) in [5.41, 5.74) is 2.13. The Kier molecular flexibility index (Phi) is 4.36. The summed E-state index contributed by atoms with van der Waals surface area (Å²) in [7, 11) is 0. The van der Waals surface area contributed by atoms with Gasteiger partial charge in [-0.1, -0.05) is 0 Å². The van der Waals surface area contributed by atoms with Crippen LogP contribution in [0.25, 0.3) is 0 Å². The number of aromatic nitrogens is 4. The fraction of sp³-hybridized carbons (Fsp3) is 0.600. The van der Waals surface area contributed by atoms with Gasteiger partial charge in [0.2, 0.25) is 0 Å². The van der Waals surface area contributed by atoms with E-state index in [4.69, 9.17) is 0 Å². The van der Waals surface area contributed by atoms with E-state index in [2.05, 4.69) is 26.3 Å². The first-order valence-corrected chi connectivity index (χ1v) is 7.59. The molecule has 21 heavy (non-hydrogen) atoms. The largest absolute Gasteiger partial charge is 0.391 e. The molecule has 114 valence electrons. The molecule has 0 unspecified atom stereocenters. The van der Waals surface area contributed by atoms with Gasteiger partial charge in [0.1, 0.15) is 0 Å². The molecule has 1 saturated heterocycles. The van der Waals surface area contributed by atoms with E-state index >= 15 is 0 Å². The van der Waals surface area contributed by atoms with Gasteiger partial charge in [0.05, 0.1) is 11.8 Å². The minimum atomic E-state index is -0.244. The number of likely N-dealkylation sites (tertiary alicyclic amines) is 1. The third-order valence-corrected chi connectivity index (χ3v) is 4.13. The molecule has 2 N–H and O–H groups in total. The van der Waals surface area contributed by atoms with Crippen molar-refractivity contribution < 1.29 is 5.11 Å². The van der Waals surface area contributed by atoms with E-state index < -0.39 is 0 Å². The van der Waals surface area contributed by atoms with Crippen LogP contribution in [-0.4, -0.2) is 55.7 Å². The molecule has 0 radical (unpaired) electrons. The van der Waals surface area contributed by atoms with Crippen molar-refractivity contribution in [1.29, 1.82) is 0 Å². The molecular weight excluding hydrogens is 266 g/mol. The fourth-order valence-electron chi connectivity index (χ4n) is 3.06. The Hall–Kier alpha value is -1.66. The molecule has 6 nitrogen and oxygen atoms in total. The number of aliphatic hydroxyl groups is 1. The van der Waals surface area contributed by atoms with Gasteiger partial charge < -0.3 is 10.0 Å². The smallest absolute Gasteiger partial charge is 0.0711 e. The number of β-amino-alcohol motifs (C(OH)–C–C–N with tert-alkyl or cyclic N) is 1. The van der Waals surface area contributed by atoms with Gasteiger partial charge in [-0.15, -0.1) is 0 Å². The fourth-order valence-corrected chi connectivity index (χ4v) is 3.06. The van der Waals surface area contributed by atoms with Gasteiger partial charge in [-0.3, -0.25) is 9.78 Å². The number of aromatic amines is 1. The summed E-state index contributed by atoms with van der Waals surface area (Å²) >= 11 is 0. The third kappa shape index (κ3) is 3.71. The van der Waals surface area contributed by atoms with Crippen molar-refractivity contribution in [2.75, 3.05) is 19.6 Å². The molecule has 0 amide bonds. The highest BCUT2D eigenvalue weighted by molar-refractivity contribution is 5.08. The molecule has 1 aliphatic rings. The Morgan fingerprint density at radius 3 is 3.00 bits per heavy atom. The van der Waals surface area contributed by atoms with Crippen molar-refractivity contribution in [3.05, 3.63) is 35.9 Å². The Balaban J connectivity index is 1.44. The summed E-state index contributed by atoms with van der Waals surface area (Å²) in [6, 6.07) is 4.01. The van der Waals surface area contributed by atoms with Gasteiger partial charge in [0.25, 0.3) is 0 Å². The first kappa shape index (κ1) is 14.3. The number of aryl methyl sites for hydroxylation is 2. The molecule has 1 fully saturated rings. The van der Waals surface area contributed by atoms with Crippen LogP contribution in [0.3, 0.4) is 0 Å². The second-order valence-corrected chi connectivity index (χ2v) is 5.96. The molecule has 2 aromatic heterocycles. The number of hydrogen-bond acceptors (Lipinski definition) is 4. The minimum absolute atomic E-state index is 0.244. The third-order valence-electron chi connectivity index (χ3n) is 4.13. The van der Waals surface area contributed by atoms with E-state index in [0.717, 1.165) is 50.4 Å². The van der Waals surface area contributed by atoms with E-state index in [1.807, 2.05) is 30.1 Å². The summed E-state index contributed by atoms with van der Waals surface area (Å²) in [5.74, 6) is 0.289. The normalized spacial score (nSPS) is 23.0. The van der Waals surface area contributed by atoms with Crippen LogP contribution in [0.2, 0.25) is 0 Å². The zero-order valence-electron chi connectivity index (χ0n) is 12.4. The summed E-state index contributed by atoms with van der Waals surface area (Å²) in [6.45, 7) is 5.67. The highest BCUT2D eigenvalue weighted by atomic mass is 16.3. The first-order chi connectivity index (χ1) is 10.2. The molecule has 3 rings (SSSR count). The van der Waals surface area contributed by atoms with Crippen LogP contribution < -0.4 is 0 Å². The van der Waals surface area contributed by atoms with E-state index in [1.54, 1.807) is 0 Å². The Labute approximate surface area is 124 Å². The van der Waals surface area contributed by atoms with Crippen molar-refractivity contribution in [3.63, 3.8) is 0 Å². The van der Waals surface area contributed by atoms with Gasteiger partial charge in [-0.25, -0.2) is 0 Å². The van der Waals surface area contributed by atoms with Crippen LogP contribution in [0.15, 0.2) is 24.5 Å². The van der Waals surface area contributed by atoms with Crippen molar-refractivity contribution in [3.8, 4) is 0 Å². The lowest BCUT2D eigenvalue weighted by atomic mass is 10.0. The lowest BCUT2D eigenvalue weighted by Gasteiger charge is -2.15. The quantitative estimate of drug-likeness (QED) is 0.827. The molecule has 0 aromatic carbocycles. The number of hydrogen-bond donors (Lipinski definition) is 2. The van der Waals surface area contributed by atoms with Crippen molar-refractivity contribution in [1.82, 2.24) is 24.9 Å². The molecule has 6 heteroatoms. The molecule has 1 aliphatic heterocycles. The van der Waals surface area contributed by atoms with Gasteiger partial charge in [0, 0.05) is 50.2 Å². The second-order valence-electron chi connectivity index (χ2n) is 5.96. The monoisotopic (exact) mass is 289 g/mol. The van der Waals surface area contributed by atoms with Gasteiger partial charge in [-0.05, 0) is 31.9 Å². The number of nitrogens with zero attached hydrogens (tertiary/aromatic N) is 4. The topological polar surface area (TPSA) is 70.0 Å². The highest BCUT2D eigenvalue weighted by Gasteiger charge is 2.31. The van der Waals surface area contributed by atoms with E-state index in [9.17, 15) is 5.11 Å². The highest BCUT2D eigenvalue weighted by Crippen LogP contribution is 2.21. The maximum atomic E-state index is 10.2. The van der Waals surface area contributed by atoms with Crippen LogP contribution in [0.4, 0.5) is 0 Å². The summed E-state index contributed by atoms with van der Waals surface area (Å²) in [5, 5.41) is 21.7. The predicted molar refractivity (Wildman–Crippen MR) is 79.8 cm³/mol. The number of rotatable bonds is 6. The average Bonchev–Trinajstić information content (AvgIpc) is 3.15. The molecule has 0 spiro atoms. The average molecular weight is 289 g/mol. The van der Waals surface area contributed by atoms with Crippen LogP contribution in [0.1, 0.15) is 17.8 Å². The van der Waals surface area contributed by atoms with E-state index in [-0.39, 0.29) is 12.0 Å². The first-order valence-electron chi connectivity index (χ1n) is 7.59. The zero-order valence-corrected chi connectivity index (χ0v) is 12.4. The molecule has 0 saturated carbocycles. The van der Waals surface area contributed by atoms with Gasteiger partial charge in [-0.2, -0.15) is 10.2 Å². The van der Waals surface area contributed by atoms with Crippen LogP contribution >= 0.6 is 0 Å². The summed E-state index contributed by atoms with van der Waals surface area (Å²) in [6.07, 6.45) is 5.46. The molecule has 3 heterocycles. The predicted octanol–water partition coefficient (Wildman–Crippen LogP) is 0.840. The van der Waals surface area contributed by atoms with Crippen LogP contribution in [0, 0.1) is 12.8 Å². The number of H-pyrrole nitrogens is 1. The van der Waals surface area contributed by atoms with Crippen molar-refractivity contribution in [2.24, 2.45) is 5.92 Å². The van der Waals surface area contributed by atoms with Crippen molar-refractivity contribution in [2.45, 2.75) is 32.4 Å². The Morgan fingerprint density at radius 1 is 1.38 bits per heavy atom. The summed E-state index contributed by atoms with van der Waals surface area (Å²) in [4.78, 5) is 2.35. The Bertz CT molecular complexity index is 550. The summed E-state index contributed by atoms with van der Waals surface area (Å²) < 4.78 is 1.95. The number of nitrogens with one attached hydrogen (secondary N) is 1. The van der Waals surface area contributed by atoms with Crippen LogP contribution in [0.5, 0.6) is 0 Å². The van der Waals surface area contributed by atoms with Gasteiger partial charge in [0.15, 0.2) is 0 Å². The molecule has 0 aliphatic carbocycles. The van der Waals surface area contributed by atoms with Crippen molar-refractivity contribution >= 4 is 0 Å². The molecule has 2 aromatic rings. The molecule has 2 atom stereocenters. The van der Waals surface area contributed by atoms with E-state index in [0.29, 0.717) is 0 Å². The van der Waals surface area contributed by atoms with E-state index in [1.165, 1.54) is 0 Å². The molecule has 0 bridgehead atoms. The maximum Gasteiger partial charge on any atom is 0.0711 e.